The average molecular weight is 332 g/mol. The van der Waals surface area contributed by atoms with Gasteiger partial charge < -0.3 is 15.8 Å². The Bertz CT molecular complexity index is 541. The molecule has 6 nitrogen and oxygen atoms in total. The van der Waals surface area contributed by atoms with E-state index in [2.05, 4.69) is 5.32 Å². The molecule has 0 radical (unpaired) electrons. The van der Waals surface area contributed by atoms with Crippen molar-refractivity contribution in [3.8, 4) is 0 Å². The lowest BCUT2D eigenvalue weighted by atomic mass is 10.2. The van der Waals surface area contributed by atoms with Crippen LogP contribution in [0.5, 0.6) is 0 Å². The third kappa shape index (κ3) is 5.16. The van der Waals surface area contributed by atoms with Crippen molar-refractivity contribution in [1.82, 2.24) is 4.90 Å². The van der Waals surface area contributed by atoms with E-state index in [0.717, 1.165) is 11.0 Å². The lowest BCUT2D eigenvalue weighted by Gasteiger charge is -2.26. The Balaban J connectivity index is 2.92. The molecule has 3 amide bonds. The van der Waals surface area contributed by atoms with Gasteiger partial charge in [-0.25, -0.2) is 18.9 Å². The number of amides is 3. The number of anilines is 1. The Morgan fingerprint density at radius 3 is 2.55 bits per heavy atom. The van der Waals surface area contributed by atoms with Gasteiger partial charge in [-0.15, -0.1) is 0 Å². The summed E-state index contributed by atoms with van der Waals surface area (Å²) in [5.41, 5.74) is 4.41. The molecule has 0 aliphatic carbocycles. The molecule has 0 atom stereocenters. The van der Waals surface area contributed by atoms with Crippen LogP contribution in [0.2, 0.25) is 5.02 Å². The van der Waals surface area contributed by atoms with Gasteiger partial charge in [0.25, 0.3) is 0 Å². The highest BCUT2D eigenvalue weighted by atomic mass is 35.5. The highest BCUT2D eigenvalue weighted by Crippen LogP contribution is 2.25. The van der Waals surface area contributed by atoms with Gasteiger partial charge in [0.2, 0.25) is 0 Å². The lowest BCUT2D eigenvalue weighted by Crippen LogP contribution is -2.45. The highest BCUT2D eigenvalue weighted by molar-refractivity contribution is 6.33. The molecule has 0 bridgehead atoms. The molecule has 0 unspecified atom stereocenters. The van der Waals surface area contributed by atoms with Gasteiger partial charge in [-0.3, -0.25) is 0 Å². The molecule has 8 heteroatoms. The van der Waals surface area contributed by atoms with Crippen molar-refractivity contribution >= 4 is 29.4 Å². The standard InChI is InChI=1S/C14H19ClFN3O3/c1-14(2,3)22-13(21)19(8-7-17)12(20)18-11-9(15)5-4-6-10(11)16/h4-6H,7-8,17H2,1-3H3,(H,18,20). The van der Waals surface area contributed by atoms with Gasteiger partial charge in [-0.1, -0.05) is 17.7 Å². The van der Waals surface area contributed by atoms with Gasteiger partial charge in [0.15, 0.2) is 0 Å². The fourth-order valence-corrected chi connectivity index (χ4v) is 1.72. The third-order valence-corrected chi connectivity index (χ3v) is 2.72. The van der Waals surface area contributed by atoms with Crippen LogP contribution in [-0.4, -0.2) is 35.7 Å². The topological polar surface area (TPSA) is 84.7 Å². The van der Waals surface area contributed by atoms with Crippen LogP contribution in [0.25, 0.3) is 0 Å². The largest absolute Gasteiger partial charge is 0.443 e. The molecule has 0 aliphatic heterocycles. The number of carbonyl (C=O) groups excluding carboxylic acids is 2. The van der Waals surface area contributed by atoms with Crippen LogP contribution in [0.15, 0.2) is 18.2 Å². The number of rotatable bonds is 3. The third-order valence-electron chi connectivity index (χ3n) is 2.41. The molecule has 0 aliphatic rings. The number of hydrogen-bond donors (Lipinski definition) is 2. The van der Waals surface area contributed by atoms with Gasteiger partial charge in [-0.2, -0.15) is 0 Å². The molecule has 22 heavy (non-hydrogen) atoms. The number of hydrogen-bond acceptors (Lipinski definition) is 4. The molecule has 0 spiro atoms. The lowest BCUT2D eigenvalue weighted by molar-refractivity contribution is 0.0336. The van der Waals surface area contributed by atoms with Gasteiger partial charge in [0.05, 0.1) is 10.7 Å². The van der Waals surface area contributed by atoms with E-state index in [-0.39, 0.29) is 23.8 Å². The number of carbonyl (C=O) groups is 2. The van der Waals surface area contributed by atoms with Crippen molar-refractivity contribution in [1.29, 1.82) is 0 Å². The van der Waals surface area contributed by atoms with Crippen LogP contribution < -0.4 is 11.1 Å². The molecule has 0 heterocycles. The van der Waals surface area contributed by atoms with E-state index in [1.807, 2.05) is 0 Å². The van der Waals surface area contributed by atoms with Crippen molar-refractivity contribution in [2.75, 3.05) is 18.4 Å². The monoisotopic (exact) mass is 331 g/mol. The molecule has 1 rings (SSSR count). The first kappa shape index (κ1) is 18.2. The van der Waals surface area contributed by atoms with Gasteiger partial charge in [0.1, 0.15) is 11.4 Å². The zero-order valence-corrected chi connectivity index (χ0v) is 13.4. The van der Waals surface area contributed by atoms with E-state index < -0.39 is 23.5 Å². The molecule has 0 saturated carbocycles. The molecule has 1 aromatic carbocycles. The molecule has 122 valence electrons. The maximum absolute atomic E-state index is 13.7. The second-order valence-corrected chi connectivity index (χ2v) is 5.85. The minimum absolute atomic E-state index is 0.0187. The Morgan fingerprint density at radius 2 is 2.05 bits per heavy atom. The van der Waals surface area contributed by atoms with Gasteiger partial charge in [0, 0.05) is 13.1 Å². The summed E-state index contributed by atoms with van der Waals surface area (Å²) in [6.07, 6.45) is -0.872. The summed E-state index contributed by atoms with van der Waals surface area (Å²) in [6.45, 7) is 4.95. The number of benzene rings is 1. The molecular formula is C14H19ClFN3O3. The normalized spacial score (nSPS) is 11.0. The predicted molar refractivity (Wildman–Crippen MR) is 82.4 cm³/mol. The quantitative estimate of drug-likeness (QED) is 0.890. The maximum atomic E-state index is 13.7. The van der Waals surface area contributed by atoms with Crippen molar-refractivity contribution in [3.05, 3.63) is 29.0 Å². The number of imide groups is 1. The summed E-state index contributed by atoms with van der Waals surface area (Å²) >= 11 is 5.83. The minimum atomic E-state index is -0.872. The van der Waals surface area contributed by atoms with Crippen LogP contribution in [0.1, 0.15) is 20.8 Å². The Labute approximate surface area is 133 Å². The Hall–Kier alpha value is -1.86. The Morgan fingerprint density at radius 1 is 1.41 bits per heavy atom. The number of halogens is 2. The average Bonchev–Trinajstić information content (AvgIpc) is 2.38. The molecule has 3 N–H and O–H groups in total. The van der Waals surface area contributed by atoms with E-state index in [0.29, 0.717) is 0 Å². The van der Waals surface area contributed by atoms with Crippen molar-refractivity contribution in [2.45, 2.75) is 26.4 Å². The van der Waals surface area contributed by atoms with Crippen LogP contribution in [0.3, 0.4) is 0 Å². The number of nitrogens with two attached hydrogens (primary N) is 1. The number of urea groups is 1. The van der Waals surface area contributed by atoms with E-state index >= 15 is 0 Å². The van der Waals surface area contributed by atoms with Crippen LogP contribution >= 0.6 is 11.6 Å². The Kier molecular flexibility index (Phi) is 6.13. The highest BCUT2D eigenvalue weighted by Gasteiger charge is 2.27. The number of nitrogens with zero attached hydrogens (tertiary/aromatic N) is 1. The van der Waals surface area contributed by atoms with Crippen molar-refractivity contribution in [3.63, 3.8) is 0 Å². The number of para-hydroxylation sites is 1. The van der Waals surface area contributed by atoms with E-state index in [1.54, 1.807) is 20.8 Å². The van der Waals surface area contributed by atoms with Crippen molar-refractivity contribution < 1.29 is 18.7 Å². The predicted octanol–water partition coefficient (Wildman–Crippen LogP) is 3.21. The van der Waals surface area contributed by atoms with E-state index in [9.17, 15) is 14.0 Å². The summed E-state index contributed by atoms with van der Waals surface area (Å²) < 4.78 is 18.8. The number of nitrogens with one attached hydrogen (secondary N) is 1. The summed E-state index contributed by atoms with van der Waals surface area (Å²) in [6, 6.07) is 3.09. The first-order valence-electron chi connectivity index (χ1n) is 6.61. The maximum Gasteiger partial charge on any atom is 0.418 e. The molecule has 0 fully saturated rings. The second kappa shape index (κ2) is 7.42. The second-order valence-electron chi connectivity index (χ2n) is 5.45. The first-order chi connectivity index (χ1) is 10.2. The molecular weight excluding hydrogens is 313 g/mol. The van der Waals surface area contributed by atoms with Crippen LogP contribution in [-0.2, 0) is 4.74 Å². The van der Waals surface area contributed by atoms with E-state index in [1.165, 1.54) is 12.1 Å². The summed E-state index contributed by atoms with van der Waals surface area (Å²) in [5, 5.41) is 2.27. The van der Waals surface area contributed by atoms with E-state index in [4.69, 9.17) is 22.1 Å². The molecule has 0 aromatic heterocycles. The van der Waals surface area contributed by atoms with Crippen molar-refractivity contribution in [2.24, 2.45) is 5.73 Å². The summed E-state index contributed by atoms with van der Waals surface area (Å²) in [4.78, 5) is 24.9. The van der Waals surface area contributed by atoms with Crippen LogP contribution in [0.4, 0.5) is 19.7 Å². The smallest absolute Gasteiger partial charge is 0.418 e. The fourth-order valence-electron chi connectivity index (χ4n) is 1.51. The first-order valence-corrected chi connectivity index (χ1v) is 6.99. The SMILES string of the molecule is CC(C)(C)OC(=O)N(CCN)C(=O)Nc1c(F)cccc1Cl. The van der Waals surface area contributed by atoms with Crippen LogP contribution in [0, 0.1) is 5.82 Å². The molecule has 1 aromatic rings. The minimum Gasteiger partial charge on any atom is -0.443 e. The van der Waals surface area contributed by atoms with Gasteiger partial charge in [-0.05, 0) is 32.9 Å². The number of ether oxygens (including phenoxy) is 1. The zero-order chi connectivity index (χ0) is 16.9. The summed E-state index contributed by atoms with van der Waals surface area (Å²) in [5.74, 6) is -0.710. The molecule has 0 saturated heterocycles. The summed E-state index contributed by atoms with van der Waals surface area (Å²) in [7, 11) is 0. The van der Waals surface area contributed by atoms with Gasteiger partial charge >= 0.3 is 12.1 Å². The fraction of sp³-hybridized carbons (Fsp3) is 0.429. The zero-order valence-electron chi connectivity index (χ0n) is 12.7.